The Labute approximate surface area is 115 Å². The van der Waals surface area contributed by atoms with E-state index in [0.717, 1.165) is 0 Å². The van der Waals surface area contributed by atoms with Crippen molar-refractivity contribution in [1.82, 2.24) is 4.72 Å². The second-order valence-electron chi connectivity index (χ2n) is 5.61. The summed E-state index contributed by atoms with van der Waals surface area (Å²) in [6.07, 6.45) is -0.0292. The van der Waals surface area contributed by atoms with Crippen molar-refractivity contribution in [1.29, 1.82) is 0 Å². The van der Waals surface area contributed by atoms with Crippen LogP contribution in [-0.4, -0.2) is 44.5 Å². The minimum atomic E-state index is -3.55. The van der Waals surface area contributed by atoms with Gasteiger partial charge in [-0.25, -0.2) is 13.1 Å². The van der Waals surface area contributed by atoms with Gasteiger partial charge < -0.3 is 9.47 Å². The van der Waals surface area contributed by atoms with E-state index in [1.807, 2.05) is 13.8 Å². The summed E-state index contributed by atoms with van der Waals surface area (Å²) in [5.41, 5.74) is -0.641. The third-order valence-electron chi connectivity index (χ3n) is 1.92. The van der Waals surface area contributed by atoms with E-state index in [4.69, 9.17) is 9.47 Å². The highest BCUT2D eigenvalue weighted by Crippen LogP contribution is 2.08. The maximum atomic E-state index is 11.7. The van der Waals surface area contributed by atoms with Crippen LogP contribution >= 0.6 is 0 Å². The molecule has 0 saturated heterocycles. The van der Waals surface area contributed by atoms with Gasteiger partial charge in [0.05, 0.1) is 18.5 Å². The van der Waals surface area contributed by atoms with Gasteiger partial charge in [0.15, 0.2) is 0 Å². The van der Waals surface area contributed by atoms with Crippen LogP contribution in [0.25, 0.3) is 0 Å². The molecule has 0 bridgehead atoms. The van der Waals surface area contributed by atoms with E-state index >= 15 is 0 Å². The van der Waals surface area contributed by atoms with Gasteiger partial charge in [-0.2, -0.15) is 0 Å². The van der Waals surface area contributed by atoms with Gasteiger partial charge in [0.25, 0.3) is 0 Å². The zero-order valence-electron chi connectivity index (χ0n) is 12.5. The van der Waals surface area contributed by atoms with Gasteiger partial charge in [-0.1, -0.05) is 0 Å². The lowest BCUT2D eigenvalue weighted by molar-refractivity contribution is -0.156. The van der Waals surface area contributed by atoms with Crippen LogP contribution in [0.2, 0.25) is 0 Å². The topological polar surface area (TPSA) is 81.7 Å². The predicted molar refractivity (Wildman–Crippen MR) is 73.3 cm³/mol. The second kappa shape index (κ2) is 7.21. The monoisotopic (exact) mass is 295 g/mol. The highest BCUT2D eigenvalue weighted by Gasteiger charge is 2.25. The molecule has 0 aliphatic carbocycles. The lowest BCUT2D eigenvalue weighted by atomic mass is 10.2. The molecule has 1 N–H and O–H groups in total. The molecule has 0 saturated carbocycles. The van der Waals surface area contributed by atoms with Crippen molar-refractivity contribution in [2.24, 2.45) is 0 Å². The van der Waals surface area contributed by atoms with Crippen LogP contribution in [0.5, 0.6) is 0 Å². The van der Waals surface area contributed by atoms with E-state index in [1.165, 1.54) is 6.92 Å². The Kier molecular flexibility index (Phi) is 6.96. The Balaban J connectivity index is 4.30. The number of hydrogen-bond acceptors (Lipinski definition) is 5. The van der Waals surface area contributed by atoms with E-state index in [9.17, 15) is 13.2 Å². The zero-order valence-corrected chi connectivity index (χ0v) is 13.3. The van der Waals surface area contributed by atoms with Gasteiger partial charge in [-0.3, -0.25) is 4.79 Å². The molecule has 0 radical (unpaired) electrons. The van der Waals surface area contributed by atoms with Crippen molar-refractivity contribution < 1.29 is 22.7 Å². The Morgan fingerprint density at radius 1 is 1.21 bits per heavy atom. The normalized spacial score (nSPS) is 14.5. The molecule has 114 valence electrons. The fourth-order valence-corrected chi connectivity index (χ4v) is 2.23. The highest BCUT2D eigenvalue weighted by atomic mass is 32.2. The third-order valence-corrected chi connectivity index (χ3v) is 3.34. The minimum Gasteiger partial charge on any atom is -0.459 e. The van der Waals surface area contributed by atoms with E-state index < -0.39 is 27.6 Å². The third kappa shape index (κ3) is 9.86. The molecule has 0 fully saturated rings. The molecule has 1 atom stereocenters. The van der Waals surface area contributed by atoms with Crippen molar-refractivity contribution in [3.05, 3.63) is 0 Å². The van der Waals surface area contributed by atoms with Gasteiger partial charge in [-0.15, -0.1) is 0 Å². The summed E-state index contributed by atoms with van der Waals surface area (Å²) in [5.74, 6) is -0.779. The number of rotatable bonds is 7. The number of sulfonamides is 1. The summed E-state index contributed by atoms with van der Waals surface area (Å²) in [6, 6.07) is -0.914. The van der Waals surface area contributed by atoms with Crippen LogP contribution in [-0.2, 0) is 24.3 Å². The van der Waals surface area contributed by atoms with Crippen LogP contribution < -0.4 is 4.72 Å². The van der Waals surface area contributed by atoms with Crippen LogP contribution in [0.3, 0.4) is 0 Å². The quantitative estimate of drug-likeness (QED) is 0.710. The van der Waals surface area contributed by atoms with Crippen molar-refractivity contribution in [2.75, 3.05) is 12.4 Å². The zero-order chi connectivity index (χ0) is 15.3. The van der Waals surface area contributed by atoms with E-state index in [1.54, 1.807) is 20.8 Å². The van der Waals surface area contributed by atoms with Gasteiger partial charge in [0.2, 0.25) is 10.0 Å². The lowest BCUT2D eigenvalue weighted by Gasteiger charge is -2.22. The molecular weight excluding hydrogens is 270 g/mol. The number of ether oxygens (including phenoxy) is 2. The molecule has 0 aromatic heterocycles. The van der Waals surface area contributed by atoms with E-state index in [-0.39, 0.29) is 18.5 Å². The molecule has 7 heteroatoms. The van der Waals surface area contributed by atoms with Crippen molar-refractivity contribution in [3.8, 4) is 0 Å². The predicted octanol–water partition coefficient (Wildman–Crippen LogP) is 1.06. The van der Waals surface area contributed by atoms with Crippen LogP contribution in [0, 0.1) is 0 Å². The second-order valence-corrected chi connectivity index (χ2v) is 7.48. The van der Waals surface area contributed by atoms with Crippen molar-refractivity contribution >= 4 is 16.0 Å². The molecule has 0 aliphatic heterocycles. The molecule has 0 aromatic rings. The summed E-state index contributed by atoms with van der Waals surface area (Å²) >= 11 is 0. The molecule has 0 heterocycles. The SMILES string of the molecule is CC(C)OCCS(=O)(=O)N[C@@H](C)C(=O)OC(C)(C)C. The summed E-state index contributed by atoms with van der Waals surface area (Å²) < 4.78 is 35.9. The highest BCUT2D eigenvalue weighted by molar-refractivity contribution is 7.89. The number of hydrogen-bond donors (Lipinski definition) is 1. The molecular formula is C12H25NO5S. The number of nitrogens with one attached hydrogen (secondary N) is 1. The van der Waals surface area contributed by atoms with Gasteiger partial charge in [0, 0.05) is 0 Å². The summed E-state index contributed by atoms with van der Waals surface area (Å²) in [6.45, 7) is 10.4. The van der Waals surface area contributed by atoms with Crippen LogP contribution in [0.15, 0.2) is 0 Å². The van der Waals surface area contributed by atoms with Crippen LogP contribution in [0.4, 0.5) is 0 Å². The van der Waals surface area contributed by atoms with Crippen molar-refractivity contribution in [2.45, 2.75) is 59.3 Å². The largest absolute Gasteiger partial charge is 0.459 e. The average Bonchev–Trinajstić information content (AvgIpc) is 2.12. The maximum absolute atomic E-state index is 11.7. The molecule has 0 unspecified atom stereocenters. The minimum absolute atomic E-state index is 0.0292. The number of esters is 1. The first-order valence-electron chi connectivity index (χ1n) is 6.27. The maximum Gasteiger partial charge on any atom is 0.324 e. The van der Waals surface area contributed by atoms with E-state index in [0.29, 0.717) is 0 Å². The Hall–Kier alpha value is -0.660. The molecule has 19 heavy (non-hydrogen) atoms. The number of carbonyl (C=O) groups excluding carboxylic acids is 1. The molecule has 0 rings (SSSR count). The average molecular weight is 295 g/mol. The molecule has 0 aromatic carbocycles. The van der Waals surface area contributed by atoms with Gasteiger partial charge in [0.1, 0.15) is 11.6 Å². The fraction of sp³-hybridized carbons (Fsp3) is 0.917. The first-order valence-corrected chi connectivity index (χ1v) is 7.92. The number of carbonyl (C=O) groups is 1. The van der Waals surface area contributed by atoms with Gasteiger partial charge >= 0.3 is 5.97 Å². The first-order chi connectivity index (χ1) is 8.43. The Morgan fingerprint density at radius 3 is 2.16 bits per heavy atom. The Morgan fingerprint density at radius 2 is 1.74 bits per heavy atom. The molecule has 6 nitrogen and oxygen atoms in total. The van der Waals surface area contributed by atoms with Gasteiger partial charge in [-0.05, 0) is 41.5 Å². The lowest BCUT2D eigenvalue weighted by Crippen LogP contribution is -2.43. The van der Waals surface area contributed by atoms with Crippen LogP contribution in [0.1, 0.15) is 41.5 Å². The smallest absolute Gasteiger partial charge is 0.324 e. The first kappa shape index (κ1) is 18.3. The standard InChI is InChI=1S/C12H25NO5S/c1-9(2)17-7-8-19(15,16)13-10(3)11(14)18-12(4,5)6/h9-10,13H,7-8H2,1-6H3/t10-/m0/s1. The molecule has 0 amide bonds. The summed E-state index contributed by atoms with van der Waals surface area (Å²) in [4.78, 5) is 11.6. The fourth-order valence-electron chi connectivity index (χ4n) is 1.16. The summed E-state index contributed by atoms with van der Waals surface area (Å²) in [7, 11) is -3.55. The summed E-state index contributed by atoms with van der Waals surface area (Å²) in [5, 5.41) is 0. The van der Waals surface area contributed by atoms with Crippen molar-refractivity contribution in [3.63, 3.8) is 0 Å². The molecule has 0 spiro atoms. The Bertz CT molecular complexity index is 383. The van der Waals surface area contributed by atoms with E-state index in [2.05, 4.69) is 4.72 Å². The molecule has 0 aliphatic rings.